The third kappa shape index (κ3) is 4.25. The summed E-state index contributed by atoms with van der Waals surface area (Å²) in [7, 11) is 0. The Balaban J connectivity index is 1.86. The lowest BCUT2D eigenvalue weighted by molar-refractivity contribution is -0.116. The van der Waals surface area contributed by atoms with Gasteiger partial charge in [0.25, 0.3) is 0 Å². The number of unbranched alkanes of at least 4 members (excludes halogenated alkanes) is 1. The molecule has 0 bridgehead atoms. The fourth-order valence-corrected chi connectivity index (χ4v) is 1.88. The lowest BCUT2D eigenvalue weighted by Crippen LogP contribution is -2.18. The van der Waals surface area contributed by atoms with Gasteiger partial charge in [-0.25, -0.2) is 0 Å². The molecule has 1 aromatic heterocycles. The molecule has 0 fully saturated rings. The fourth-order valence-electron chi connectivity index (χ4n) is 1.88. The Kier molecular flexibility index (Phi) is 4.72. The molecule has 1 heterocycles. The normalized spacial score (nSPS) is 10.4. The molecule has 1 N–H and O–H groups in total. The number of benzene rings is 1. The molecule has 0 aliphatic carbocycles. The minimum absolute atomic E-state index is 0.0648. The molecule has 0 saturated carbocycles. The van der Waals surface area contributed by atoms with Crippen LogP contribution in [-0.2, 0) is 17.8 Å². The number of aromatic nitrogens is 2. The van der Waals surface area contributed by atoms with Crippen molar-refractivity contribution < 1.29 is 4.79 Å². The molecule has 4 nitrogen and oxygen atoms in total. The van der Waals surface area contributed by atoms with E-state index in [1.165, 1.54) is 18.4 Å². The van der Waals surface area contributed by atoms with E-state index in [-0.39, 0.29) is 12.5 Å². The van der Waals surface area contributed by atoms with Gasteiger partial charge in [-0.05, 0) is 36.6 Å². The number of amides is 1. The maximum Gasteiger partial charge on any atom is 0.246 e. The van der Waals surface area contributed by atoms with E-state index in [0.717, 1.165) is 12.1 Å². The molecule has 0 unspecified atom stereocenters. The zero-order valence-corrected chi connectivity index (χ0v) is 11.2. The van der Waals surface area contributed by atoms with Gasteiger partial charge in [0.15, 0.2) is 0 Å². The van der Waals surface area contributed by atoms with Crippen molar-refractivity contribution in [3.63, 3.8) is 0 Å². The Morgan fingerprint density at radius 2 is 2.11 bits per heavy atom. The molecule has 1 aromatic carbocycles. The summed E-state index contributed by atoms with van der Waals surface area (Å²) in [5.41, 5.74) is 2.14. The summed E-state index contributed by atoms with van der Waals surface area (Å²) in [4.78, 5) is 11.8. The van der Waals surface area contributed by atoms with Gasteiger partial charge in [-0.3, -0.25) is 9.48 Å². The van der Waals surface area contributed by atoms with E-state index in [2.05, 4.69) is 29.5 Å². The van der Waals surface area contributed by atoms with Crippen molar-refractivity contribution in [3.05, 3.63) is 48.3 Å². The van der Waals surface area contributed by atoms with Crippen LogP contribution in [0.2, 0.25) is 0 Å². The van der Waals surface area contributed by atoms with Crippen molar-refractivity contribution in [2.24, 2.45) is 0 Å². The Hall–Kier alpha value is -2.10. The fraction of sp³-hybridized carbons (Fsp3) is 0.333. The Bertz CT molecular complexity index is 503. The quantitative estimate of drug-likeness (QED) is 0.865. The smallest absolute Gasteiger partial charge is 0.246 e. The molecule has 0 aliphatic rings. The first-order chi connectivity index (χ1) is 9.28. The molecule has 2 rings (SSSR count). The van der Waals surface area contributed by atoms with Gasteiger partial charge >= 0.3 is 0 Å². The minimum atomic E-state index is -0.0648. The molecule has 0 spiro atoms. The van der Waals surface area contributed by atoms with Gasteiger partial charge in [-0.2, -0.15) is 5.10 Å². The van der Waals surface area contributed by atoms with E-state index in [0.29, 0.717) is 0 Å². The number of aryl methyl sites for hydroxylation is 1. The van der Waals surface area contributed by atoms with Crippen molar-refractivity contribution in [1.29, 1.82) is 0 Å². The Labute approximate surface area is 113 Å². The molecular weight excluding hydrogens is 238 g/mol. The summed E-state index contributed by atoms with van der Waals surface area (Å²) in [5.74, 6) is -0.0648. The van der Waals surface area contributed by atoms with E-state index < -0.39 is 0 Å². The zero-order valence-electron chi connectivity index (χ0n) is 11.2. The number of nitrogens with one attached hydrogen (secondary N) is 1. The average Bonchev–Trinajstić information content (AvgIpc) is 2.90. The maximum atomic E-state index is 11.8. The third-order valence-electron chi connectivity index (χ3n) is 2.92. The van der Waals surface area contributed by atoms with Gasteiger partial charge in [-0.15, -0.1) is 0 Å². The highest BCUT2D eigenvalue weighted by atomic mass is 16.2. The first kappa shape index (κ1) is 13.3. The van der Waals surface area contributed by atoms with Crippen LogP contribution in [-0.4, -0.2) is 15.7 Å². The second-order valence-electron chi connectivity index (χ2n) is 4.55. The Morgan fingerprint density at radius 3 is 2.74 bits per heavy atom. The summed E-state index contributed by atoms with van der Waals surface area (Å²) in [6.45, 7) is 2.43. The van der Waals surface area contributed by atoms with Gasteiger partial charge in [0.1, 0.15) is 6.54 Å². The van der Waals surface area contributed by atoms with E-state index in [4.69, 9.17) is 0 Å². The number of carbonyl (C=O) groups is 1. The first-order valence-corrected chi connectivity index (χ1v) is 6.64. The summed E-state index contributed by atoms with van der Waals surface area (Å²) in [5, 5.41) is 6.87. The van der Waals surface area contributed by atoms with E-state index in [9.17, 15) is 4.79 Å². The van der Waals surface area contributed by atoms with Crippen molar-refractivity contribution in [3.8, 4) is 0 Å². The van der Waals surface area contributed by atoms with Crippen LogP contribution < -0.4 is 5.32 Å². The Morgan fingerprint density at radius 1 is 1.32 bits per heavy atom. The SMILES string of the molecule is CCCCc1ccc(NC(=O)Cn2cccn2)cc1. The highest BCUT2D eigenvalue weighted by Gasteiger charge is 2.03. The molecule has 19 heavy (non-hydrogen) atoms. The van der Waals surface area contributed by atoms with Crippen LogP contribution in [0.25, 0.3) is 0 Å². The largest absolute Gasteiger partial charge is 0.324 e. The van der Waals surface area contributed by atoms with Crippen molar-refractivity contribution in [2.45, 2.75) is 32.7 Å². The van der Waals surface area contributed by atoms with Gasteiger partial charge in [-0.1, -0.05) is 25.5 Å². The number of hydrogen-bond acceptors (Lipinski definition) is 2. The highest BCUT2D eigenvalue weighted by molar-refractivity contribution is 5.90. The topological polar surface area (TPSA) is 46.9 Å². The molecule has 0 aliphatic heterocycles. The number of nitrogens with zero attached hydrogens (tertiary/aromatic N) is 2. The average molecular weight is 257 g/mol. The predicted molar refractivity (Wildman–Crippen MR) is 75.9 cm³/mol. The molecule has 0 saturated heterocycles. The van der Waals surface area contributed by atoms with E-state index in [1.807, 2.05) is 12.1 Å². The highest BCUT2D eigenvalue weighted by Crippen LogP contribution is 2.11. The molecule has 0 atom stereocenters. The zero-order chi connectivity index (χ0) is 13.5. The predicted octanol–water partition coefficient (Wildman–Crippen LogP) is 2.86. The van der Waals surface area contributed by atoms with E-state index >= 15 is 0 Å². The lowest BCUT2D eigenvalue weighted by atomic mass is 10.1. The van der Waals surface area contributed by atoms with Crippen LogP contribution in [0.1, 0.15) is 25.3 Å². The van der Waals surface area contributed by atoms with Crippen LogP contribution >= 0.6 is 0 Å². The number of hydrogen-bond donors (Lipinski definition) is 1. The number of anilines is 1. The van der Waals surface area contributed by atoms with Gasteiger partial charge in [0.2, 0.25) is 5.91 Å². The molecule has 1 amide bonds. The summed E-state index contributed by atoms with van der Waals surface area (Å²) in [6.07, 6.45) is 6.93. The van der Waals surface area contributed by atoms with E-state index in [1.54, 1.807) is 23.1 Å². The van der Waals surface area contributed by atoms with Crippen LogP contribution in [0.4, 0.5) is 5.69 Å². The summed E-state index contributed by atoms with van der Waals surface area (Å²) in [6, 6.07) is 9.84. The van der Waals surface area contributed by atoms with Gasteiger partial charge in [0, 0.05) is 18.1 Å². The minimum Gasteiger partial charge on any atom is -0.324 e. The molecular formula is C15H19N3O. The molecule has 2 aromatic rings. The third-order valence-corrected chi connectivity index (χ3v) is 2.92. The molecule has 0 radical (unpaired) electrons. The number of rotatable bonds is 6. The van der Waals surface area contributed by atoms with Crippen LogP contribution in [0, 0.1) is 0 Å². The standard InChI is InChI=1S/C15H19N3O/c1-2-3-5-13-6-8-14(9-7-13)17-15(19)12-18-11-4-10-16-18/h4,6-11H,2-3,5,12H2,1H3,(H,17,19). The van der Waals surface area contributed by atoms with Crippen molar-refractivity contribution in [2.75, 3.05) is 5.32 Å². The van der Waals surface area contributed by atoms with Crippen molar-refractivity contribution >= 4 is 11.6 Å². The van der Waals surface area contributed by atoms with Crippen LogP contribution in [0.15, 0.2) is 42.7 Å². The monoisotopic (exact) mass is 257 g/mol. The van der Waals surface area contributed by atoms with Crippen molar-refractivity contribution in [1.82, 2.24) is 9.78 Å². The summed E-state index contributed by atoms with van der Waals surface area (Å²) >= 11 is 0. The van der Waals surface area contributed by atoms with Crippen LogP contribution in [0.5, 0.6) is 0 Å². The maximum absolute atomic E-state index is 11.8. The second kappa shape index (κ2) is 6.73. The lowest BCUT2D eigenvalue weighted by Gasteiger charge is -2.06. The second-order valence-corrected chi connectivity index (χ2v) is 4.55. The molecule has 100 valence electrons. The first-order valence-electron chi connectivity index (χ1n) is 6.64. The number of carbonyl (C=O) groups excluding carboxylic acids is 1. The van der Waals surface area contributed by atoms with Crippen LogP contribution in [0.3, 0.4) is 0 Å². The van der Waals surface area contributed by atoms with Gasteiger partial charge < -0.3 is 5.32 Å². The summed E-state index contributed by atoms with van der Waals surface area (Å²) < 4.78 is 1.60. The van der Waals surface area contributed by atoms with Gasteiger partial charge in [0.05, 0.1) is 0 Å². The molecule has 4 heteroatoms.